The average molecular weight is 378 g/mol. The second-order valence-corrected chi connectivity index (χ2v) is 6.06. The summed E-state index contributed by atoms with van der Waals surface area (Å²) in [7, 11) is 0. The number of anilines is 3. The Morgan fingerprint density at radius 2 is 1.96 bits per heavy atom. The van der Waals surface area contributed by atoms with Gasteiger partial charge in [-0.3, -0.25) is 0 Å². The zero-order chi connectivity index (χ0) is 17.6. The van der Waals surface area contributed by atoms with Crippen LogP contribution in [0, 0.1) is 5.82 Å². The lowest BCUT2D eigenvalue weighted by atomic mass is 10.1. The van der Waals surface area contributed by atoms with E-state index in [2.05, 4.69) is 25.8 Å². The highest BCUT2D eigenvalue weighted by Gasteiger charge is 2.04. The summed E-state index contributed by atoms with van der Waals surface area (Å²) in [6.45, 7) is 0.576. The van der Waals surface area contributed by atoms with Crippen LogP contribution in [0.25, 0.3) is 0 Å². The van der Waals surface area contributed by atoms with Crippen LogP contribution in [0.1, 0.15) is 5.56 Å². The van der Waals surface area contributed by atoms with Crippen LogP contribution in [0.3, 0.4) is 0 Å². The van der Waals surface area contributed by atoms with Gasteiger partial charge in [-0.1, -0.05) is 35.3 Å². The second kappa shape index (κ2) is 8.09. The molecule has 1 heterocycles. The van der Waals surface area contributed by atoms with E-state index in [9.17, 15) is 4.39 Å². The van der Waals surface area contributed by atoms with E-state index in [1.54, 1.807) is 24.3 Å². The minimum atomic E-state index is -0.329. The summed E-state index contributed by atoms with van der Waals surface area (Å²) >= 11 is 12.0. The summed E-state index contributed by atoms with van der Waals surface area (Å²) in [4.78, 5) is 4.29. The molecule has 2 aromatic carbocycles. The molecule has 3 rings (SSSR count). The molecule has 0 unspecified atom stereocenters. The van der Waals surface area contributed by atoms with Crippen molar-refractivity contribution in [1.82, 2.24) is 15.2 Å². The molecular formula is C17H14Cl2FN5. The van der Waals surface area contributed by atoms with Crippen molar-refractivity contribution in [2.24, 2.45) is 0 Å². The van der Waals surface area contributed by atoms with Crippen molar-refractivity contribution in [3.05, 3.63) is 70.1 Å². The molecule has 8 heteroatoms. The standard InChI is InChI=1S/C17H14Cl2FN5/c18-12-5-4-11(15(19)8-12)6-7-21-17-24-16(10-22-25-17)23-14-3-1-2-13(20)9-14/h1-5,8-10H,6-7H2,(H2,21,23,24,25). The molecule has 2 N–H and O–H groups in total. The Kier molecular flexibility index (Phi) is 5.63. The lowest BCUT2D eigenvalue weighted by molar-refractivity contribution is 0.628. The van der Waals surface area contributed by atoms with Crippen LogP contribution < -0.4 is 10.6 Å². The highest BCUT2D eigenvalue weighted by Crippen LogP contribution is 2.21. The van der Waals surface area contributed by atoms with Crippen LogP contribution in [0.15, 0.2) is 48.7 Å². The third-order valence-electron chi connectivity index (χ3n) is 3.35. The van der Waals surface area contributed by atoms with E-state index in [1.165, 1.54) is 18.3 Å². The fourth-order valence-corrected chi connectivity index (χ4v) is 2.69. The molecule has 3 aromatic rings. The molecule has 0 amide bonds. The van der Waals surface area contributed by atoms with Crippen molar-refractivity contribution in [2.75, 3.05) is 17.2 Å². The van der Waals surface area contributed by atoms with Gasteiger partial charge < -0.3 is 10.6 Å². The van der Waals surface area contributed by atoms with Gasteiger partial charge >= 0.3 is 0 Å². The van der Waals surface area contributed by atoms with Crippen molar-refractivity contribution in [1.29, 1.82) is 0 Å². The molecule has 1 aromatic heterocycles. The van der Waals surface area contributed by atoms with Gasteiger partial charge in [-0.25, -0.2) is 4.39 Å². The zero-order valence-corrected chi connectivity index (χ0v) is 14.5. The van der Waals surface area contributed by atoms with Gasteiger partial charge in [-0.05, 0) is 42.3 Å². The third-order valence-corrected chi connectivity index (χ3v) is 3.94. The highest BCUT2D eigenvalue weighted by molar-refractivity contribution is 6.35. The fourth-order valence-electron chi connectivity index (χ4n) is 2.19. The van der Waals surface area contributed by atoms with Crippen molar-refractivity contribution in [3.8, 4) is 0 Å². The van der Waals surface area contributed by atoms with Crippen molar-refractivity contribution in [2.45, 2.75) is 6.42 Å². The van der Waals surface area contributed by atoms with Gasteiger partial charge in [0.05, 0.1) is 6.20 Å². The van der Waals surface area contributed by atoms with Gasteiger partial charge in [-0.2, -0.15) is 10.1 Å². The maximum absolute atomic E-state index is 13.2. The van der Waals surface area contributed by atoms with E-state index in [1.807, 2.05) is 6.07 Å². The van der Waals surface area contributed by atoms with Crippen LogP contribution in [-0.2, 0) is 6.42 Å². The number of benzene rings is 2. The Balaban J connectivity index is 1.60. The largest absolute Gasteiger partial charge is 0.353 e. The smallest absolute Gasteiger partial charge is 0.244 e. The molecule has 128 valence electrons. The number of halogens is 3. The van der Waals surface area contributed by atoms with Gasteiger partial charge in [0, 0.05) is 22.3 Å². The van der Waals surface area contributed by atoms with Gasteiger partial charge in [0.1, 0.15) is 5.82 Å². The van der Waals surface area contributed by atoms with Crippen LogP contribution >= 0.6 is 23.2 Å². The molecular weight excluding hydrogens is 364 g/mol. The normalized spacial score (nSPS) is 10.5. The maximum Gasteiger partial charge on any atom is 0.244 e. The van der Waals surface area contributed by atoms with Crippen LogP contribution in [0.2, 0.25) is 10.0 Å². The molecule has 5 nitrogen and oxygen atoms in total. The molecule has 0 radical (unpaired) electrons. The first-order chi connectivity index (χ1) is 12.1. The quantitative estimate of drug-likeness (QED) is 0.650. The van der Waals surface area contributed by atoms with Crippen molar-refractivity contribution >= 4 is 40.7 Å². The Morgan fingerprint density at radius 1 is 1.08 bits per heavy atom. The molecule has 0 aliphatic rings. The monoisotopic (exact) mass is 377 g/mol. The van der Waals surface area contributed by atoms with E-state index in [-0.39, 0.29) is 5.82 Å². The Bertz CT molecular complexity index is 875. The molecule has 0 spiro atoms. The van der Waals surface area contributed by atoms with E-state index in [4.69, 9.17) is 23.2 Å². The van der Waals surface area contributed by atoms with Crippen LogP contribution in [0.5, 0.6) is 0 Å². The number of hydrogen-bond acceptors (Lipinski definition) is 5. The topological polar surface area (TPSA) is 62.7 Å². The van der Waals surface area contributed by atoms with E-state index in [0.717, 1.165) is 5.56 Å². The number of aromatic nitrogens is 3. The predicted octanol–water partition coefficient (Wildman–Crippen LogP) is 4.72. The first-order valence-electron chi connectivity index (χ1n) is 7.50. The van der Waals surface area contributed by atoms with E-state index < -0.39 is 0 Å². The van der Waals surface area contributed by atoms with Gasteiger partial charge in [-0.15, -0.1) is 5.10 Å². The minimum Gasteiger partial charge on any atom is -0.353 e. The summed E-state index contributed by atoms with van der Waals surface area (Å²) in [6.07, 6.45) is 2.15. The second-order valence-electron chi connectivity index (χ2n) is 5.21. The van der Waals surface area contributed by atoms with Gasteiger partial charge in [0.2, 0.25) is 5.95 Å². The minimum absolute atomic E-state index is 0.329. The van der Waals surface area contributed by atoms with Crippen molar-refractivity contribution < 1.29 is 4.39 Å². The summed E-state index contributed by atoms with van der Waals surface area (Å²) in [5.74, 6) is 0.504. The van der Waals surface area contributed by atoms with Gasteiger partial charge in [0.25, 0.3) is 0 Å². The maximum atomic E-state index is 13.2. The van der Waals surface area contributed by atoms with Gasteiger partial charge in [0.15, 0.2) is 5.82 Å². The molecule has 0 bridgehead atoms. The molecule has 0 atom stereocenters. The number of nitrogens with one attached hydrogen (secondary N) is 2. The summed E-state index contributed by atoms with van der Waals surface area (Å²) in [5, 5.41) is 15.1. The average Bonchev–Trinajstić information content (AvgIpc) is 2.57. The zero-order valence-electron chi connectivity index (χ0n) is 13.0. The fraction of sp³-hybridized carbons (Fsp3) is 0.118. The first-order valence-corrected chi connectivity index (χ1v) is 8.26. The molecule has 0 aliphatic heterocycles. The molecule has 0 aliphatic carbocycles. The molecule has 0 saturated carbocycles. The summed E-state index contributed by atoms with van der Waals surface area (Å²) in [6, 6.07) is 11.5. The summed E-state index contributed by atoms with van der Waals surface area (Å²) in [5.41, 5.74) is 1.56. The van der Waals surface area contributed by atoms with E-state index in [0.29, 0.717) is 40.5 Å². The third kappa shape index (κ3) is 5.01. The molecule has 0 saturated heterocycles. The number of nitrogens with zero attached hydrogens (tertiary/aromatic N) is 3. The van der Waals surface area contributed by atoms with Crippen LogP contribution in [0.4, 0.5) is 21.8 Å². The lowest BCUT2D eigenvalue weighted by Crippen LogP contribution is -2.10. The van der Waals surface area contributed by atoms with Crippen molar-refractivity contribution in [3.63, 3.8) is 0 Å². The number of hydrogen-bond donors (Lipinski definition) is 2. The molecule has 0 fully saturated rings. The Morgan fingerprint density at radius 3 is 2.76 bits per heavy atom. The predicted molar refractivity (Wildman–Crippen MR) is 98.2 cm³/mol. The molecule has 25 heavy (non-hydrogen) atoms. The number of rotatable bonds is 6. The Labute approximate surface area is 154 Å². The summed E-state index contributed by atoms with van der Waals surface area (Å²) < 4.78 is 13.2. The highest BCUT2D eigenvalue weighted by atomic mass is 35.5. The Hall–Kier alpha value is -2.44. The SMILES string of the molecule is Fc1cccc(Nc2cnnc(NCCc3ccc(Cl)cc3Cl)n2)c1. The lowest BCUT2D eigenvalue weighted by Gasteiger charge is -2.08. The first kappa shape index (κ1) is 17.4. The van der Waals surface area contributed by atoms with E-state index >= 15 is 0 Å². The van der Waals surface area contributed by atoms with Crippen LogP contribution in [-0.4, -0.2) is 21.7 Å².